The minimum Gasteiger partial charge on any atom is -0.475 e. The molecule has 1 aromatic rings. The molecule has 0 radical (unpaired) electrons. The third-order valence-corrected chi connectivity index (χ3v) is 6.02. The number of carboxylic acids is 1. The molecule has 168 valence electrons. The van der Waals surface area contributed by atoms with Crippen LogP contribution in [0.5, 0.6) is 0 Å². The summed E-state index contributed by atoms with van der Waals surface area (Å²) in [6.45, 7) is 1.48. The lowest BCUT2D eigenvalue weighted by Gasteiger charge is -2.37. The highest BCUT2D eigenvalue weighted by atomic mass is 32.2. The van der Waals surface area contributed by atoms with Crippen molar-refractivity contribution < 1.29 is 41.0 Å². The summed E-state index contributed by atoms with van der Waals surface area (Å²) < 4.78 is 62.4. The Morgan fingerprint density at radius 1 is 1.33 bits per heavy atom. The number of amides is 1. The molecule has 1 aromatic heterocycles. The summed E-state index contributed by atoms with van der Waals surface area (Å²) in [5, 5.41) is 10.00. The lowest BCUT2D eigenvalue weighted by Crippen LogP contribution is -2.54. The molecule has 3 heterocycles. The maximum Gasteiger partial charge on any atom is 0.490 e. The molecule has 13 heteroatoms. The summed E-state index contributed by atoms with van der Waals surface area (Å²) in [5.41, 5.74) is 0.774. The number of hydrogen-bond acceptors (Lipinski definition) is 6. The van der Waals surface area contributed by atoms with Gasteiger partial charge in [-0.3, -0.25) is 9.78 Å². The topological polar surface area (TPSA) is 126 Å². The van der Waals surface area contributed by atoms with E-state index in [-0.39, 0.29) is 30.4 Å². The van der Waals surface area contributed by atoms with E-state index >= 15 is 0 Å². The van der Waals surface area contributed by atoms with E-state index in [1.807, 2.05) is 18.2 Å². The van der Waals surface area contributed by atoms with Gasteiger partial charge in [0.25, 0.3) is 0 Å². The number of piperidine rings is 1. The lowest BCUT2D eigenvalue weighted by atomic mass is 9.83. The molecule has 0 aromatic carbocycles. The molecule has 0 saturated carbocycles. The Morgan fingerprint density at radius 2 is 2.00 bits per heavy atom. The van der Waals surface area contributed by atoms with Gasteiger partial charge in [0.1, 0.15) is 0 Å². The zero-order chi connectivity index (χ0) is 22.5. The largest absolute Gasteiger partial charge is 0.490 e. The summed E-state index contributed by atoms with van der Waals surface area (Å²) in [7, 11) is -3.34. The fourth-order valence-electron chi connectivity index (χ4n) is 3.30. The number of pyridine rings is 1. The molecule has 30 heavy (non-hydrogen) atoms. The number of halogens is 3. The number of rotatable bonds is 4. The van der Waals surface area contributed by atoms with Crippen LogP contribution in [0.4, 0.5) is 13.2 Å². The van der Waals surface area contributed by atoms with Crippen molar-refractivity contribution in [3.8, 4) is 0 Å². The molecule has 0 bridgehead atoms. The van der Waals surface area contributed by atoms with Gasteiger partial charge in [0, 0.05) is 31.8 Å². The third kappa shape index (κ3) is 6.64. The quantitative estimate of drug-likeness (QED) is 0.685. The van der Waals surface area contributed by atoms with Gasteiger partial charge >= 0.3 is 12.1 Å². The molecule has 1 amide bonds. The number of aromatic nitrogens is 1. The summed E-state index contributed by atoms with van der Waals surface area (Å²) in [4.78, 5) is 25.6. The van der Waals surface area contributed by atoms with E-state index in [0.717, 1.165) is 12.1 Å². The monoisotopic (exact) mass is 453 g/mol. The van der Waals surface area contributed by atoms with Crippen LogP contribution in [0.3, 0.4) is 0 Å². The first-order valence-corrected chi connectivity index (χ1v) is 10.8. The van der Waals surface area contributed by atoms with Crippen LogP contribution in [0.25, 0.3) is 0 Å². The Balaban J connectivity index is 0.000000396. The smallest absolute Gasteiger partial charge is 0.475 e. The van der Waals surface area contributed by atoms with E-state index in [2.05, 4.69) is 10.3 Å². The van der Waals surface area contributed by atoms with E-state index in [0.29, 0.717) is 19.7 Å². The Kier molecular flexibility index (Phi) is 7.77. The first-order chi connectivity index (χ1) is 13.9. The minimum atomic E-state index is -5.08. The second-order valence-corrected chi connectivity index (χ2v) is 8.87. The highest BCUT2D eigenvalue weighted by Crippen LogP contribution is 2.34. The summed E-state index contributed by atoms with van der Waals surface area (Å²) in [6, 6.07) is 5.52. The first kappa shape index (κ1) is 24.0. The van der Waals surface area contributed by atoms with Crippen molar-refractivity contribution in [1.82, 2.24) is 14.6 Å². The van der Waals surface area contributed by atoms with Gasteiger partial charge in [0.2, 0.25) is 15.9 Å². The fourth-order valence-corrected chi connectivity index (χ4v) is 4.15. The normalized spacial score (nSPS) is 24.3. The van der Waals surface area contributed by atoms with Crippen LogP contribution in [0, 0.1) is 11.8 Å². The standard InChI is InChI=1S/C15H21N3O4S.C2HF3O2/c1-23(20,21)18-9-13(12-5-7-22-14(12)10-18)15(19)17-8-11-4-2-3-6-16-11;3-2(4,5)1(6)7/h2-4,6,12-14H,5,7-10H2,1H3,(H,17,19);(H,6,7)/t12-,13+,14+;/m0./s1. The highest BCUT2D eigenvalue weighted by Gasteiger charge is 2.46. The van der Waals surface area contributed by atoms with Crippen molar-refractivity contribution in [3.63, 3.8) is 0 Å². The number of nitrogens with one attached hydrogen (secondary N) is 1. The van der Waals surface area contributed by atoms with E-state index in [1.54, 1.807) is 6.20 Å². The molecule has 9 nitrogen and oxygen atoms in total. The molecule has 2 aliphatic rings. The second-order valence-electron chi connectivity index (χ2n) is 6.89. The van der Waals surface area contributed by atoms with E-state index in [9.17, 15) is 26.4 Å². The van der Waals surface area contributed by atoms with Crippen LogP contribution < -0.4 is 5.32 Å². The highest BCUT2D eigenvalue weighted by molar-refractivity contribution is 7.88. The number of nitrogens with zero attached hydrogens (tertiary/aromatic N) is 2. The Hall–Kier alpha value is -2.25. The van der Waals surface area contributed by atoms with Crippen molar-refractivity contribution >= 4 is 21.9 Å². The van der Waals surface area contributed by atoms with Gasteiger partial charge in [-0.2, -0.15) is 17.5 Å². The second kappa shape index (κ2) is 9.71. The molecule has 2 aliphatic heterocycles. The van der Waals surface area contributed by atoms with Gasteiger partial charge in [0.15, 0.2) is 0 Å². The summed E-state index contributed by atoms with van der Waals surface area (Å²) >= 11 is 0. The van der Waals surface area contributed by atoms with Gasteiger partial charge in [0.05, 0.1) is 30.5 Å². The average Bonchev–Trinajstić information content (AvgIpc) is 3.14. The minimum absolute atomic E-state index is 0.0803. The van der Waals surface area contributed by atoms with Crippen molar-refractivity contribution in [2.45, 2.75) is 25.2 Å². The van der Waals surface area contributed by atoms with Crippen LogP contribution in [0.15, 0.2) is 24.4 Å². The maximum atomic E-state index is 12.6. The van der Waals surface area contributed by atoms with Gasteiger partial charge in [-0.15, -0.1) is 0 Å². The zero-order valence-corrected chi connectivity index (χ0v) is 16.8. The number of carbonyl (C=O) groups is 2. The molecule has 3 atom stereocenters. The van der Waals surface area contributed by atoms with Crippen molar-refractivity contribution in [1.29, 1.82) is 0 Å². The van der Waals surface area contributed by atoms with E-state index < -0.39 is 22.2 Å². The number of alkyl halides is 3. The van der Waals surface area contributed by atoms with Crippen molar-refractivity contribution in [2.24, 2.45) is 11.8 Å². The van der Waals surface area contributed by atoms with Crippen molar-refractivity contribution in [3.05, 3.63) is 30.1 Å². The number of carbonyl (C=O) groups excluding carboxylic acids is 1. The zero-order valence-electron chi connectivity index (χ0n) is 16.0. The SMILES string of the molecule is CS(=O)(=O)N1C[C@H]2OCC[C@H]2[C@H](C(=O)NCc2ccccn2)C1.O=C(O)C(F)(F)F. The van der Waals surface area contributed by atoms with Gasteiger partial charge < -0.3 is 15.2 Å². The molecule has 2 saturated heterocycles. The number of aliphatic carboxylic acids is 1. The molecular formula is C17H22F3N3O6S. The number of hydrogen-bond donors (Lipinski definition) is 2. The van der Waals surface area contributed by atoms with Gasteiger partial charge in [-0.25, -0.2) is 13.2 Å². The molecule has 2 N–H and O–H groups in total. The fraction of sp³-hybridized carbons (Fsp3) is 0.588. The average molecular weight is 453 g/mol. The predicted molar refractivity (Wildman–Crippen MR) is 97.5 cm³/mol. The molecule has 3 rings (SSSR count). The Bertz CT molecular complexity index is 850. The molecule has 0 unspecified atom stereocenters. The van der Waals surface area contributed by atoms with Crippen molar-refractivity contribution in [2.75, 3.05) is 26.0 Å². The Labute approximate surface area is 171 Å². The van der Waals surface area contributed by atoms with Crippen LogP contribution in [0.1, 0.15) is 12.1 Å². The van der Waals surface area contributed by atoms with Crippen LogP contribution in [-0.2, 0) is 30.9 Å². The molecule has 0 aliphatic carbocycles. The summed E-state index contributed by atoms with van der Waals surface area (Å²) in [6.07, 6.45) is -1.63. The number of fused-ring (bicyclic) bond motifs is 1. The van der Waals surface area contributed by atoms with E-state index in [4.69, 9.17) is 14.6 Å². The lowest BCUT2D eigenvalue weighted by molar-refractivity contribution is -0.192. The number of ether oxygens (including phenoxy) is 1. The third-order valence-electron chi connectivity index (χ3n) is 4.78. The maximum absolute atomic E-state index is 12.6. The Morgan fingerprint density at radius 3 is 2.53 bits per heavy atom. The summed E-state index contributed by atoms with van der Waals surface area (Å²) in [5.74, 6) is -3.19. The van der Waals surface area contributed by atoms with Gasteiger partial charge in [-0.05, 0) is 18.6 Å². The predicted octanol–water partition coefficient (Wildman–Crippen LogP) is 0.628. The number of sulfonamides is 1. The van der Waals surface area contributed by atoms with Crippen LogP contribution in [0.2, 0.25) is 0 Å². The van der Waals surface area contributed by atoms with Crippen LogP contribution >= 0.6 is 0 Å². The van der Waals surface area contributed by atoms with E-state index in [1.165, 1.54) is 10.6 Å². The van der Waals surface area contributed by atoms with Gasteiger partial charge in [-0.1, -0.05) is 6.07 Å². The first-order valence-electron chi connectivity index (χ1n) is 8.94. The molecular weight excluding hydrogens is 431 g/mol. The number of carboxylic acid groups (broad SMARTS) is 1. The van der Waals surface area contributed by atoms with Crippen LogP contribution in [-0.4, -0.2) is 72.9 Å². The molecule has 2 fully saturated rings. The molecule has 0 spiro atoms.